The van der Waals surface area contributed by atoms with Crippen LogP contribution in [0.15, 0.2) is 54.6 Å². The van der Waals surface area contributed by atoms with Crippen molar-refractivity contribution in [3.8, 4) is 12.3 Å². The van der Waals surface area contributed by atoms with Crippen LogP contribution >= 0.6 is 0 Å². The Bertz CT molecular complexity index is 1780. The van der Waals surface area contributed by atoms with Gasteiger partial charge in [-0.3, -0.25) is 33.8 Å². The largest absolute Gasteiger partial charge is 0.441 e. The molecule has 0 bridgehead atoms. The van der Waals surface area contributed by atoms with Gasteiger partial charge in [-0.1, -0.05) is 70.0 Å². The summed E-state index contributed by atoms with van der Waals surface area (Å²) in [5, 5.41) is 8.39. The van der Waals surface area contributed by atoms with Gasteiger partial charge >= 0.3 is 5.97 Å². The molecular formula is C44H59N5O9. The number of terminal acetylenes is 1. The molecule has 0 unspecified atom stereocenters. The highest BCUT2D eigenvalue weighted by Crippen LogP contribution is 2.29. The number of benzene rings is 2. The summed E-state index contributed by atoms with van der Waals surface area (Å²) < 4.78 is 16.5. The number of esters is 1. The molecule has 4 rings (SSSR count). The van der Waals surface area contributed by atoms with Gasteiger partial charge in [0.25, 0.3) is 0 Å². The van der Waals surface area contributed by atoms with E-state index in [-0.39, 0.29) is 49.2 Å². The van der Waals surface area contributed by atoms with Crippen LogP contribution in [-0.4, -0.2) is 121 Å². The summed E-state index contributed by atoms with van der Waals surface area (Å²) in [6.07, 6.45) is 6.67. The Labute approximate surface area is 342 Å². The van der Waals surface area contributed by atoms with Crippen LogP contribution in [0, 0.1) is 24.2 Å². The number of aryl methyl sites for hydroxylation is 1. The van der Waals surface area contributed by atoms with Crippen LogP contribution in [0.25, 0.3) is 0 Å². The number of amides is 4. The van der Waals surface area contributed by atoms with Gasteiger partial charge in [0.05, 0.1) is 38.0 Å². The molecule has 14 heteroatoms. The van der Waals surface area contributed by atoms with Crippen LogP contribution in [0.1, 0.15) is 82.3 Å². The number of ether oxygens (including phenoxy) is 3. The van der Waals surface area contributed by atoms with E-state index in [0.29, 0.717) is 44.7 Å². The highest BCUT2D eigenvalue weighted by Gasteiger charge is 2.50. The first kappa shape index (κ1) is 45.6. The number of carbonyl (C=O) groups excluding carboxylic acids is 6. The summed E-state index contributed by atoms with van der Waals surface area (Å²) in [5.41, 5.74) is 0.633. The summed E-state index contributed by atoms with van der Waals surface area (Å²) in [6.45, 7) is 12.4. The number of morpholine rings is 1. The predicted octanol–water partition coefficient (Wildman–Crippen LogP) is 2.87. The Balaban J connectivity index is 1.57. The van der Waals surface area contributed by atoms with Crippen LogP contribution in [0.3, 0.4) is 0 Å². The van der Waals surface area contributed by atoms with E-state index in [0.717, 1.165) is 5.56 Å². The molecule has 314 valence electrons. The highest BCUT2D eigenvalue weighted by molar-refractivity contribution is 5.98. The van der Waals surface area contributed by atoms with E-state index in [1.165, 1.54) is 17.9 Å². The second kappa shape index (κ2) is 21.6. The van der Waals surface area contributed by atoms with E-state index in [4.69, 9.17) is 20.6 Å². The summed E-state index contributed by atoms with van der Waals surface area (Å²) in [5.74, 6) is -0.673. The van der Waals surface area contributed by atoms with Crippen molar-refractivity contribution in [1.82, 2.24) is 25.8 Å². The Morgan fingerprint density at radius 1 is 0.862 bits per heavy atom. The number of epoxide rings is 1. The number of ketones is 1. The number of carbonyl (C=O) groups is 6. The molecule has 5 atom stereocenters. The van der Waals surface area contributed by atoms with E-state index in [2.05, 4.69) is 21.9 Å². The summed E-state index contributed by atoms with van der Waals surface area (Å²) >= 11 is 0. The average molecular weight is 802 g/mol. The molecule has 2 fully saturated rings. The van der Waals surface area contributed by atoms with Crippen molar-refractivity contribution in [2.45, 2.75) is 97.0 Å². The van der Waals surface area contributed by atoms with Crippen LogP contribution in [-0.2, 0) is 44.6 Å². The normalized spacial score (nSPS) is 18.5. The van der Waals surface area contributed by atoms with Crippen molar-refractivity contribution in [3.05, 3.63) is 71.3 Å². The van der Waals surface area contributed by atoms with Crippen LogP contribution in [0.5, 0.6) is 0 Å². The van der Waals surface area contributed by atoms with E-state index in [1.54, 1.807) is 25.1 Å². The number of nitrogens with one attached hydrogen (secondary N) is 3. The molecule has 14 nitrogen and oxygen atoms in total. The third kappa shape index (κ3) is 13.8. The molecule has 58 heavy (non-hydrogen) atoms. The zero-order valence-corrected chi connectivity index (χ0v) is 34.6. The second-order valence-electron chi connectivity index (χ2n) is 16.1. The molecular weight excluding hydrogens is 743 g/mol. The van der Waals surface area contributed by atoms with Crippen molar-refractivity contribution >= 4 is 35.4 Å². The standard InChI is InChI=1S/C44H59N5O9/c1-8-32-15-12-16-34(25-32)43(55)57-28-49(38(50)26-48-19-21-56-22-20-48)37(18-17-33-13-10-9-11-14-33)42(54)47-36(24-30(4)5)41(53)45-31(6)40(52)46-35(23-29(2)3)39(51)44(7)27-58-44/h1,9-16,25,29-31,35-37H,17-24,26-28H2,2-7H3,(H,45,53)(H,46,52)(H,47,54)/t31-,35-,36-,37-,44+/m0/s1. The van der Waals surface area contributed by atoms with Gasteiger partial charge < -0.3 is 30.2 Å². The fourth-order valence-corrected chi connectivity index (χ4v) is 6.67. The molecule has 2 aromatic carbocycles. The number of rotatable bonds is 21. The molecule has 3 N–H and O–H groups in total. The SMILES string of the molecule is C#Cc1cccc(C(=O)OCN(C(=O)CN2CCOCC2)[C@@H](CCc2ccccc2)C(=O)N[C@@H](CC(C)C)C(=O)N[C@@H](C)C(=O)N[C@@H](CC(C)C)C(=O)[C@@]2(C)CO2)c1. The fourth-order valence-electron chi connectivity index (χ4n) is 6.67. The highest BCUT2D eigenvalue weighted by atomic mass is 16.6. The Morgan fingerprint density at radius 3 is 2.12 bits per heavy atom. The van der Waals surface area contributed by atoms with E-state index < -0.39 is 66.1 Å². The third-order valence-corrected chi connectivity index (χ3v) is 10.1. The van der Waals surface area contributed by atoms with E-state index in [9.17, 15) is 28.8 Å². The minimum atomic E-state index is -1.17. The maximum absolute atomic E-state index is 14.5. The van der Waals surface area contributed by atoms with Gasteiger partial charge in [0.2, 0.25) is 23.6 Å². The first-order chi connectivity index (χ1) is 27.6. The van der Waals surface area contributed by atoms with E-state index >= 15 is 0 Å². The van der Waals surface area contributed by atoms with Crippen molar-refractivity contribution < 1.29 is 43.0 Å². The van der Waals surface area contributed by atoms with E-state index in [1.807, 2.05) is 62.9 Å². The number of Topliss-reactive ketones (excluding diaryl/α,β-unsaturated/α-hetero) is 1. The van der Waals surface area contributed by atoms with Gasteiger partial charge in [0.1, 0.15) is 23.7 Å². The minimum absolute atomic E-state index is 0.0588. The lowest BCUT2D eigenvalue weighted by molar-refractivity contribution is -0.147. The maximum Gasteiger partial charge on any atom is 0.339 e. The molecule has 2 aromatic rings. The average Bonchev–Trinajstić information content (AvgIpc) is 3.96. The van der Waals surface area contributed by atoms with Crippen molar-refractivity contribution in [1.29, 1.82) is 0 Å². The topological polar surface area (TPSA) is 176 Å². The molecule has 0 radical (unpaired) electrons. The number of hydrogen-bond acceptors (Lipinski definition) is 10. The molecule has 2 aliphatic heterocycles. The van der Waals surface area contributed by atoms with Crippen molar-refractivity contribution in [2.24, 2.45) is 11.8 Å². The molecule has 4 amide bonds. The first-order valence-corrected chi connectivity index (χ1v) is 20.1. The molecule has 0 aromatic heterocycles. The Kier molecular flexibility index (Phi) is 17.0. The van der Waals surface area contributed by atoms with Gasteiger partial charge in [-0.25, -0.2) is 4.79 Å². The molecule has 0 saturated carbocycles. The smallest absolute Gasteiger partial charge is 0.339 e. The number of hydrogen-bond donors (Lipinski definition) is 3. The lowest BCUT2D eigenvalue weighted by Crippen LogP contribution is -2.59. The molecule has 2 heterocycles. The summed E-state index contributed by atoms with van der Waals surface area (Å²) in [7, 11) is 0. The zero-order chi connectivity index (χ0) is 42.4. The van der Waals surface area contributed by atoms with Gasteiger partial charge in [0, 0.05) is 18.7 Å². The zero-order valence-electron chi connectivity index (χ0n) is 34.6. The lowest BCUT2D eigenvalue weighted by Gasteiger charge is -2.34. The van der Waals surface area contributed by atoms with Gasteiger partial charge in [-0.2, -0.15) is 0 Å². The quantitative estimate of drug-likeness (QED) is 0.0737. The fraction of sp³-hybridized carbons (Fsp3) is 0.545. The monoisotopic (exact) mass is 801 g/mol. The predicted molar refractivity (Wildman–Crippen MR) is 217 cm³/mol. The second-order valence-corrected chi connectivity index (χ2v) is 16.1. The molecule has 2 aliphatic rings. The van der Waals surface area contributed by atoms with Gasteiger partial charge in [-0.15, -0.1) is 6.42 Å². The third-order valence-electron chi connectivity index (χ3n) is 10.1. The summed E-state index contributed by atoms with van der Waals surface area (Å²) in [4.78, 5) is 85.6. The maximum atomic E-state index is 14.5. The lowest BCUT2D eigenvalue weighted by atomic mass is 9.93. The molecule has 0 aliphatic carbocycles. The van der Waals surface area contributed by atoms with Gasteiger partial charge in [-0.05, 0) is 75.1 Å². The van der Waals surface area contributed by atoms with Crippen molar-refractivity contribution in [2.75, 3.05) is 46.2 Å². The first-order valence-electron chi connectivity index (χ1n) is 20.1. The van der Waals surface area contributed by atoms with Crippen molar-refractivity contribution in [3.63, 3.8) is 0 Å². The van der Waals surface area contributed by atoms with Crippen LogP contribution in [0.2, 0.25) is 0 Å². The number of nitrogens with zero attached hydrogens (tertiary/aromatic N) is 2. The van der Waals surface area contributed by atoms with Gasteiger partial charge in [0.15, 0.2) is 12.5 Å². The molecule has 0 spiro atoms. The van der Waals surface area contributed by atoms with Crippen LogP contribution in [0.4, 0.5) is 0 Å². The Morgan fingerprint density at radius 2 is 1.50 bits per heavy atom. The van der Waals surface area contributed by atoms with Crippen LogP contribution < -0.4 is 16.0 Å². The Hall–Kier alpha value is -5.10. The minimum Gasteiger partial charge on any atom is -0.441 e. The summed E-state index contributed by atoms with van der Waals surface area (Å²) in [6, 6.07) is 11.7. The molecule has 2 saturated heterocycles.